The predicted molar refractivity (Wildman–Crippen MR) is 47.4 cm³/mol. The summed E-state index contributed by atoms with van der Waals surface area (Å²) < 4.78 is 1.01. The van der Waals surface area contributed by atoms with Crippen molar-refractivity contribution >= 4 is 15.9 Å². The molecule has 0 atom stereocenters. The number of hydrogen-bond acceptors (Lipinski definition) is 1. The molecule has 0 aromatic heterocycles. The molecule has 0 saturated carbocycles. The van der Waals surface area contributed by atoms with E-state index in [4.69, 9.17) is 0 Å². The molecule has 0 saturated heterocycles. The normalized spacial score (nSPS) is 10.0. The average Bonchev–Trinajstić information content (AvgIpc) is 1.98. The van der Waals surface area contributed by atoms with Crippen molar-refractivity contribution in [3.05, 3.63) is 28.2 Å². The molecule has 0 radical (unpaired) electrons. The number of nitrogens with two attached hydrogens (primary N) is 1. The zero-order valence-electron chi connectivity index (χ0n) is 6.34. The summed E-state index contributed by atoms with van der Waals surface area (Å²) in [5.74, 6) is 0.367. The van der Waals surface area contributed by atoms with Gasteiger partial charge in [-0.2, -0.15) is 0 Å². The minimum absolute atomic E-state index is 0.367. The highest BCUT2D eigenvalue weighted by molar-refractivity contribution is 9.10. The van der Waals surface area contributed by atoms with E-state index < -0.39 is 0 Å². The second-order valence-corrected chi connectivity index (χ2v) is 3.30. The topological polar surface area (TPSA) is 36.8 Å². The summed E-state index contributed by atoms with van der Waals surface area (Å²) in [5, 5.41) is 11.3. The maximum atomic E-state index is 9.33. The molecule has 60 valence electrons. The monoisotopic (exact) mass is 216 g/mol. The van der Waals surface area contributed by atoms with Crippen molar-refractivity contribution in [2.75, 3.05) is 7.05 Å². The van der Waals surface area contributed by atoms with E-state index in [0.717, 1.165) is 16.6 Å². The molecule has 0 aliphatic heterocycles. The van der Waals surface area contributed by atoms with E-state index in [1.807, 2.05) is 24.5 Å². The lowest BCUT2D eigenvalue weighted by atomic mass is 10.2. The third-order valence-corrected chi connectivity index (χ3v) is 1.96. The van der Waals surface area contributed by atoms with Crippen LogP contribution in [0.15, 0.2) is 22.7 Å². The van der Waals surface area contributed by atoms with E-state index >= 15 is 0 Å². The highest BCUT2D eigenvalue weighted by atomic mass is 79.9. The number of aromatic hydroxyl groups is 1. The third-order valence-electron chi connectivity index (χ3n) is 1.47. The molecule has 1 rings (SSSR count). The van der Waals surface area contributed by atoms with Crippen LogP contribution in [0, 0.1) is 0 Å². The molecule has 0 heterocycles. The first-order chi connectivity index (χ1) is 5.24. The maximum Gasteiger partial charge on any atom is 0.124 e. The van der Waals surface area contributed by atoms with Gasteiger partial charge in [0.05, 0.1) is 7.05 Å². The molecule has 0 bridgehead atoms. The van der Waals surface area contributed by atoms with Crippen molar-refractivity contribution in [2.45, 2.75) is 6.54 Å². The molecule has 3 heteroatoms. The molecule has 1 aromatic carbocycles. The number of phenols is 1. The van der Waals surface area contributed by atoms with Gasteiger partial charge in [-0.15, -0.1) is 0 Å². The molecule has 0 fully saturated rings. The van der Waals surface area contributed by atoms with Gasteiger partial charge in [-0.05, 0) is 18.2 Å². The zero-order chi connectivity index (χ0) is 8.27. The minimum atomic E-state index is 0.367. The van der Waals surface area contributed by atoms with Crippen molar-refractivity contribution in [3.63, 3.8) is 0 Å². The van der Waals surface area contributed by atoms with Gasteiger partial charge in [0, 0.05) is 10.0 Å². The number of benzene rings is 1. The van der Waals surface area contributed by atoms with E-state index in [1.54, 1.807) is 6.07 Å². The Morgan fingerprint density at radius 1 is 1.55 bits per heavy atom. The highest BCUT2D eigenvalue weighted by Crippen LogP contribution is 2.20. The molecule has 2 nitrogen and oxygen atoms in total. The van der Waals surface area contributed by atoms with Crippen molar-refractivity contribution in [1.82, 2.24) is 0 Å². The Kier molecular flexibility index (Phi) is 2.91. The van der Waals surface area contributed by atoms with Crippen LogP contribution in [0.4, 0.5) is 0 Å². The summed E-state index contributed by atoms with van der Waals surface area (Å²) in [4.78, 5) is 0. The molecule has 0 amide bonds. The van der Waals surface area contributed by atoms with Crippen molar-refractivity contribution in [2.24, 2.45) is 0 Å². The first-order valence-corrected chi connectivity index (χ1v) is 4.28. The molecule has 0 aliphatic carbocycles. The van der Waals surface area contributed by atoms with Gasteiger partial charge in [-0.25, -0.2) is 0 Å². The first kappa shape index (κ1) is 8.56. The second kappa shape index (κ2) is 3.74. The van der Waals surface area contributed by atoms with Gasteiger partial charge in [0.1, 0.15) is 12.3 Å². The number of quaternary nitrogens is 1. The van der Waals surface area contributed by atoms with Crippen LogP contribution in [0.1, 0.15) is 5.56 Å². The van der Waals surface area contributed by atoms with Gasteiger partial charge in [-0.1, -0.05) is 15.9 Å². The predicted octanol–water partition coefficient (Wildman–Crippen LogP) is 0.848. The van der Waals surface area contributed by atoms with Crippen LogP contribution in [0.25, 0.3) is 0 Å². The summed E-state index contributed by atoms with van der Waals surface area (Å²) in [5.41, 5.74) is 0.960. The van der Waals surface area contributed by atoms with Crippen LogP contribution in [0.5, 0.6) is 5.75 Å². The molecule has 0 unspecified atom stereocenters. The Hall–Kier alpha value is -0.540. The number of rotatable bonds is 2. The molecule has 1 aromatic rings. The van der Waals surface area contributed by atoms with E-state index in [-0.39, 0.29) is 0 Å². The van der Waals surface area contributed by atoms with Crippen LogP contribution in [-0.2, 0) is 6.54 Å². The van der Waals surface area contributed by atoms with Gasteiger partial charge in [0.25, 0.3) is 0 Å². The van der Waals surface area contributed by atoms with Gasteiger partial charge < -0.3 is 10.4 Å². The standard InChI is InChI=1S/C8H10BrNO/c1-10-5-6-4-7(9)2-3-8(6)11/h2-4,10-11H,5H2,1H3/p+1. The van der Waals surface area contributed by atoms with Gasteiger partial charge in [-0.3, -0.25) is 0 Å². The Morgan fingerprint density at radius 3 is 2.91 bits per heavy atom. The zero-order valence-corrected chi connectivity index (χ0v) is 7.93. The molecule has 0 spiro atoms. The highest BCUT2D eigenvalue weighted by Gasteiger charge is 2.01. The summed E-state index contributed by atoms with van der Waals surface area (Å²) in [6.07, 6.45) is 0. The van der Waals surface area contributed by atoms with Gasteiger partial charge >= 0.3 is 0 Å². The lowest BCUT2D eigenvalue weighted by Gasteiger charge is -2.01. The van der Waals surface area contributed by atoms with E-state index in [1.165, 1.54) is 0 Å². The van der Waals surface area contributed by atoms with E-state index in [9.17, 15) is 5.11 Å². The summed E-state index contributed by atoms with van der Waals surface area (Å²) >= 11 is 3.34. The Labute approximate surface area is 74.4 Å². The Morgan fingerprint density at radius 2 is 2.27 bits per heavy atom. The fraction of sp³-hybridized carbons (Fsp3) is 0.250. The number of phenolic OH excluding ortho intramolecular Hbond substituents is 1. The van der Waals surface area contributed by atoms with Crippen LogP contribution in [0.2, 0.25) is 0 Å². The fourth-order valence-corrected chi connectivity index (χ4v) is 1.35. The minimum Gasteiger partial charge on any atom is -0.507 e. The summed E-state index contributed by atoms with van der Waals surface area (Å²) in [6.45, 7) is 0.811. The second-order valence-electron chi connectivity index (χ2n) is 2.39. The lowest BCUT2D eigenvalue weighted by Crippen LogP contribution is -2.77. The van der Waals surface area contributed by atoms with E-state index in [0.29, 0.717) is 5.75 Å². The maximum absolute atomic E-state index is 9.33. The SMILES string of the molecule is C[NH2+]Cc1cc(Br)ccc1O. The quantitative estimate of drug-likeness (QED) is 0.756. The average molecular weight is 217 g/mol. The van der Waals surface area contributed by atoms with Crippen molar-refractivity contribution in [3.8, 4) is 5.75 Å². The van der Waals surface area contributed by atoms with E-state index in [2.05, 4.69) is 15.9 Å². The first-order valence-electron chi connectivity index (χ1n) is 3.49. The summed E-state index contributed by atoms with van der Waals surface area (Å²) in [7, 11) is 1.97. The molecule has 11 heavy (non-hydrogen) atoms. The lowest BCUT2D eigenvalue weighted by molar-refractivity contribution is -0.643. The molecular formula is C8H11BrNO+. The molecule has 3 N–H and O–H groups in total. The van der Waals surface area contributed by atoms with Crippen LogP contribution < -0.4 is 5.32 Å². The van der Waals surface area contributed by atoms with Gasteiger partial charge in [0.2, 0.25) is 0 Å². The Balaban J connectivity index is 2.93. The number of hydrogen-bond donors (Lipinski definition) is 2. The van der Waals surface area contributed by atoms with Crippen LogP contribution >= 0.6 is 15.9 Å². The van der Waals surface area contributed by atoms with Crippen LogP contribution in [-0.4, -0.2) is 12.2 Å². The third kappa shape index (κ3) is 2.20. The number of halogens is 1. The molecular weight excluding hydrogens is 206 g/mol. The fourth-order valence-electron chi connectivity index (χ4n) is 0.937. The van der Waals surface area contributed by atoms with Gasteiger partial charge in [0.15, 0.2) is 0 Å². The molecule has 0 aliphatic rings. The summed E-state index contributed by atoms with van der Waals surface area (Å²) in [6, 6.07) is 5.45. The smallest absolute Gasteiger partial charge is 0.124 e. The largest absolute Gasteiger partial charge is 0.507 e. The van der Waals surface area contributed by atoms with Crippen molar-refractivity contribution < 1.29 is 10.4 Å². The van der Waals surface area contributed by atoms with Crippen molar-refractivity contribution in [1.29, 1.82) is 0 Å². The van der Waals surface area contributed by atoms with Crippen LogP contribution in [0.3, 0.4) is 0 Å². The Bertz CT molecular complexity index is 250.